The Hall–Kier alpha value is -4.85. The minimum Gasteiger partial charge on any atom is -0.497 e. The molecule has 11 heteroatoms. The number of fused-ring (bicyclic) bond motifs is 1. The van der Waals surface area contributed by atoms with E-state index in [0.29, 0.717) is 28.5 Å². The maximum atomic E-state index is 13.1. The van der Waals surface area contributed by atoms with Crippen LogP contribution in [0.2, 0.25) is 0 Å². The van der Waals surface area contributed by atoms with Gasteiger partial charge in [0.2, 0.25) is 5.54 Å². The van der Waals surface area contributed by atoms with Gasteiger partial charge < -0.3 is 19.7 Å². The molecule has 1 aromatic heterocycles. The molecule has 4 amide bonds. The second-order valence-electron chi connectivity index (χ2n) is 8.00. The van der Waals surface area contributed by atoms with Crippen LogP contribution in [0.25, 0.3) is 11.4 Å². The number of ether oxygens (including phenoxy) is 2. The molecule has 0 spiro atoms. The molecule has 5 rings (SSSR count). The van der Waals surface area contributed by atoms with E-state index in [9.17, 15) is 14.4 Å². The van der Waals surface area contributed by atoms with Crippen LogP contribution in [-0.2, 0) is 11.3 Å². The zero-order valence-electron chi connectivity index (χ0n) is 18.8. The number of amides is 4. The number of benzene rings is 2. The fourth-order valence-corrected chi connectivity index (χ4v) is 4.07. The zero-order valence-corrected chi connectivity index (χ0v) is 18.8. The average Bonchev–Trinajstić information content (AvgIpc) is 3.57. The highest BCUT2D eigenvalue weighted by Crippen LogP contribution is 2.29. The summed E-state index contributed by atoms with van der Waals surface area (Å²) in [6, 6.07) is 9.78. The van der Waals surface area contributed by atoms with Gasteiger partial charge in [0.05, 0.1) is 26.3 Å². The quantitative estimate of drug-likeness (QED) is 0.373. The van der Waals surface area contributed by atoms with Crippen molar-refractivity contribution in [3.05, 3.63) is 59.4 Å². The monoisotopic (exact) mass is 472 g/mol. The summed E-state index contributed by atoms with van der Waals surface area (Å²) in [5.74, 6) is 6.49. The Kier molecular flexibility index (Phi) is 5.33. The SMILES string of the molecule is COc1ccc2c(c1)C(=O)N(CC1(C#Cc3ccc(-c4ncn[nH]4)cc3OC)NC(=O)NC1=O)C2. The van der Waals surface area contributed by atoms with E-state index >= 15 is 0 Å². The predicted octanol–water partition coefficient (Wildman–Crippen LogP) is 1.07. The van der Waals surface area contributed by atoms with Crippen molar-refractivity contribution in [1.82, 2.24) is 30.7 Å². The third-order valence-electron chi connectivity index (χ3n) is 5.87. The van der Waals surface area contributed by atoms with E-state index in [-0.39, 0.29) is 19.0 Å². The van der Waals surface area contributed by atoms with Gasteiger partial charge in [-0.1, -0.05) is 17.9 Å². The molecule has 35 heavy (non-hydrogen) atoms. The van der Waals surface area contributed by atoms with Crippen molar-refractivity contribution in [3.8, 4) is 34.7 Å². The minimum atomic E-state index is -1.63. The molecule has 0 aliphatic carbocycles. The van der Waals surface area contributed by atoms with Gasteiger partial charge >= 0.3 is 6.03 Å². The van der Waals surface area contributed by atoms with Gasteiger partial charge in [0.1, 0.15) is 17.8 Å². The number of hydrogen-bond acceptors (Lipinski definition) is 7. The standard InChI is InChI=1S/C24H20N6O5/c1-34-17-6-5-16-11-30(21(31)18(16)10-17)12-24(22(32)27-23(33)28-24)8-7-14-3-4-15(9-19(14)35-2)20-25-13-26-29-20/h3-6,9-10,13H,11-12H2,1-2H3,(H,25,26,29)(H2,27,28,32,33). The average molecular weight is 472 g/mol. The molecule has 1 unspecified atom stereocenters. The van der Waals surface area contributed by atoms with E-state index in [0.717, 1.165) is 11.1 Å². The summed E-state index contributed by atoms with van der Waals surface area (Å²) in [6.45, 7) is 0.145. The molecule has 0 saturated carbocycles. The number of carbonyl (C=O) groups excluding carboxylic acids is 3. The number of imide groups is 1. The first-order chi connectivity index (χ1) is 16.9. The Bertz CT molecular complexity index is 1410. The molecular formula is C24H20N6O5. The fraction of sp³-hybridized carbons (Fsp3) is 0.208. The van der Waals surface area contributed by atoms with Gasteiger partial charge in [-0.15, -0.1) is 0 Å². The number of H-pyrrole nitrogens is 1. The Morgan fingerprint density at radius 3 is 2.66 bits per heavy atom. The lowest BCUT2D eigenvalue weighted by Gasteiger charge is -2.26. The van der Waals surface area contributed by atoms with Gasteiger partial charge in [-0.05, 0) is 35.9 Å². The molecule has 1 saturated heterocycles. The van der Waals surface area contributed by atoms with Gasteiger partial charge in [0, 0.05) is 17.7 Å². The largest absolute Gasteiger partial charge is 0.497 e. The van der Waals surface area contributed by atoms with E-state index in [1.54, 1.807) is 36.4 Å². The van der Waals surface area contributed by atoms with Crippen LogP contribution >= 0.6 is 0 Å². The zero-order chi connectivity index (χ0) is 24.6. The predicted molar refractivity (Wildman–Crippen MR) is 122 cm³/mol. The number of aromatic nitrogens is 3. The van der Waals surface area contributed by atoms with Gasteiger partial charge in [-0.2, -0.15) is 5.10 Å². The molecule has 1 atom stereocenters. The summed E-state index contributed by atoms with van der Waals surface area (Å²) in [6.07, 6.45) is 1.40. The number of methoxy groups -OCH3 is 2. The molecular weight excluding hydrogens is 452 g/mol. The summed E-state index contributed by atoms with van der Waals surface area (Å²) < 4.78 is 10.7. The first kappa shape index (κ1) is 22.0. The van der Waals surface area contributed by atoms with Gasteiger partial charge in [0.15, 0.2) is 5.82 Å². The molecule has 3 heterocycles. The van der Waals surface area contributed by atoms with Gasteiger partial charge in [-0.3, -0.25) is 20.0 Å². The van der Waals surface area contributed by atoms with E-state index in [1.165, 1.54) is 25.4 Å². The highest BCUT2D eigenvalue weighted by atomic mass is 16.5. The summed E-state index contributed by atoms with van der Waals surface area (Å²) in [5, 5.41) is 11.4. The van der Waals surface area contributed by atoms with Crippen molar-refractivity contribution in [2.75, 3.05) is 20.8 Å². The van der Waals surface area contributed by atoms with Crippen LogP contribution in [0.15, 0.2) is 42.7 Å². The third-order valence-corrected chi connectivity index (χ3v) is 5.87. The molecule has 3 aromatic rings. The molecule has 0 bridgehead atoms. The molecule has 1 fully saturated rings. The van der Waals surface area contributed by atoms with Crippen molar-refractivity contribution in [2.24, 2.45) is 0 Å². The number of nitrogens with zero attached hydrogens (tertiary/aromatic N) is 3. The number of hydrogen-bond donors (Lipinski definition) is 3. The molecule has 11 nitrogen and oxygen atoms in total. The van der Waals surface area contributed by atoms with Crippen molar-refractivity contribution < 1.29 is 23.9 Å². The van der Waals surface area contributed by atoms with Crippen LogP contribution in [0, 0.1) is 11.8 Å². The number of carbonyl (C=O) groups is 3. The first-order valence-electron chi connectivity index (χ1n) is 10.6. The van der Waals surface area contributed by atoms with E-state index < -0.39 is 17.5 Å². The summed E-state index contributed by atoms with van der Waals surface area (Å²) >= 11 is 0. The normalized spacial score (nSPS) is 18.5. The molecule has 3 N–H and O–H groups in total. The lowest BCUT2D eigenvalue weighted by atomic mass is 9.98. The van der Waals surface area contributed by atoms with Gasteiger partial charge in [-0.25, -0.2) is 9.78 Å². The second kappa shape index (κ2) is 8.49. The van der Waals surface area contributed by atoms with Crippen LogP contribution in [0.5, 0.6) is 11.5 Å². The van der Waals surface area contributed by atoms with Crippen molar-refractivity contribution in [3.63, 3.8) is 0 Å². The van der Waals surface area contributed by atoms with Crippen LogP contribution in [0.4, 0.5) is 4.79 Å². The van der Waals surface area contributed by atoms with Crippen molar-refractivity contribution in [2.45, 2.75) is 12.1 Å². The maximum absolute atomic E-state index is 13.1. The van der Waals surface area contributed by atoms with Crippen molar-refractivity contribution in [1.29, 1.82) is 0 Å². The number of nitrogens with one attached hydrogen (secondary N) is 3. The Morgan fingerprint density at radius 1 is 1.11 bits per heavy atom. The first-order valence-corrected chi connectivity index (χ1v) is 10.6. The Balaban J connectivity index is 1.47. The molecule has 2 aliphatic rings. The van der Waals surface area contributed by atoms with Crippen molar-refractivity contribution >= 4 is 17.8 Å². The van der Waals surface area contributed by atoms with E-state index in [1.807, 2.05) is 0 Å². The van der Waals surface area contributed by atoms with E-state index in [2.05, 4.69) is 37.7 Å². The second-order valence-corrected chi connectivity index (χ2v) is 8.00. The molecule has 176 valence electrons. The summed E-state index contributed by atoms with van der Waals surface area (Å²) in [5.41, 5.74) is 0.885. The highest BCUT2D eigenvalue weighted by molar-refractivity contribution is 6.10. The van der Waals surface area contributed by atoms with Crippen LogP contribution < -0.4 is 20.1 Å². The molecule has 2 aliphatic heterocycles. The highest BCUT2D eigenvalue weighted by Gasteiger charge is 2.48. The molecule has 0 radical (unpaired) electrons. The Labute approximate surface area is 199 Å². The maximum Gasteiger partial charge on any atom is 0.323 e. The number of rotatable bonds is 5. The fourth-order valence-electron chi connectivity index (χ4n) is 4.07. The van der Waals surface area contributed by atoms with E-state index in [4.69, 9.17) is 9.47 Å². The lowest BCUT2D eigenvalue weighted by Crippen LogP contribution is -2.54. The number of aromatic amines is 1. The summed E-state index contributed by atoms with van der Waals surface area (Å²) in [7, 11) is 3.02. The summed E-state index contributed by atoms with van der Waals surface area (Å²) in [4.78, 5) is 43.6. The topological polar surface area (TPSA) is 139 Å². The van der Waals surface area contributed by atoms with Crippen LogP contribution in [0.1, 0.15) is 21.5 Å². The van der Waals surface area contributed by atoms with Gasteiger partial charge in [0.25, 0.3) is 11.8 Å². The Morgan fingerprint density at radius 2 is 1.97 bits per heavy atom. The molecule has 2 aromatic carbocycles. The minimum absolute atomic E-state index is 0.133. The third kappa shape index (κ3) is 3.91. The lowest BCUT2D eigenvalue weighted by molar-refractivity contribution is -0.122. The van der Waals surface area contributed by atoms with Crippen LogP contribution in [0.3, 0.4) is 0 Å². The smallest absolute Gasteiger partial charge is 0.323 e. The van der Waals surface area contributed by atoms with Crippen LogP contribution in [-0.4, -0.2) is 64.2 Å². The number of urea groups is 1.